The first-order chi connectivity index (χ1) is 5.09. The molecule has 1 heteroatoms. The van der Waals surface area contributed by atoms with E-state index in [0.717, 1.165) is 6.42 Å². The largest absolute Gasteiger partial charge is 0.389 e. The Morgan fingerprint density at radius 1 is 1.82 bits per heavy atom. The molecule has 0 aromatic carbocycles. The number of allylic oxidation sites excluding steroid dienone is 4. The number of rotatable bonds is 3. The molecule has 0 amide bonds. The van der Waals surface area contributed by atoms with E-state index < -0.39 is 0 Å². The lowest BCUT2D eigenvalue weighted by atomic mass is 10.2. The molecule has 1 rings (SSSR count). The maximum Gasteiger partial charge on any atom is 0.0701 e. The van der Waals surface area contributed by atoms with Crippen LogP contribution in [0.3, 0.4) is 0 Å². The molecule has 0 spiro atoms. The highest BCUT2D eigenvalue weighted by Gasteiger charge is 2.15. The molecule has 0 aliphatic heterocycles. The first-order valence-electron chi connectivity index (χ1n) is 3.85. The van der Waals surface area contributed by atoms with Gasteiger partial charge in [0.25, 0.3) is 0 Å². The Balaban J connectivity index is 2.36. The number of hydrogen-bond donors (Lipinski definition) is 1. The molecule has 1 aliphatic carbocycles. The minimum absolute atomic E-state index is 0.330. The van der Waals surface area contributed by atoms with E-state index in [1.807, 2.05) is 13.0 Å². The average molecular weight is 150 g/mol. The predicted octanol–water partition coefficient (Wildman–Crippen LogP) is 2.20. The Kier molecular flexibility index (Phi) is 2.30. The number of aliphatic hydroxyl groups excluding tert-OH is 1. The van der Waals surface area contributed by atoms with Gasteiger partial charge in [-0.15, -0.1) is 0 Å². The van der Waals surface area contributed by atoms with E-state index in [-0.39, 0.29) is 6.10 Å². The lowest BCUT2D eigenvalue weighted by Gasteiger charge is -1.93. The average Bonchev–Trinajstić information content (AvgIpc) is 2.43. The maximum atomic E-state index is 8.98. The Labute approximate surface area is 67.7 Å². The minimum atomic E-state index is -0.330. The van der Waals surface area contributed by atoms with Crippen LogP contribution in [0.25, 0.3) is 0 Å². The van der Waals surface area contributed by atoms with Crippen LogP contribution >= 0.6 is 0 Å². The Bertz CT molecular complexity index is 231. The molecule has 1 unspecified atom stereocenters. The molecule has 1 atom stereocenters. The summed E-state index contributed by atoms with van der Waals surface area (Å²) in [5, 5.41) is 8.98. The van der Waals surface area contributed by atoms with Crippen LogP contribution in [0.15, 0.2) is 35.5 Å². The highest BCUT2D eigenvalue weighted by molar-refractivity contribution is 5.58. The maximum absolute atomic E-state index is 8.98. The molecule has 0 fully saturated rings. The van der Waals surface area contributed by atoms with Crippen molar-refractivity contribution in [3.8, 4) is 0 Å². The Hall–Kier alpha value is -0.820. The quantitative estimate of drug-likeness (QED) is 0.611. The van der Waals surface area contributed by atoms with E-state index in [9.17, 15) is 0 Å². The van der Waals surface area contributed by atoms with Gasteiger partial charge in [-0.2, -0.15) is 0 Å². The van der Waals surface area contributed by atoms with Crippen LogP contribution < -0.4 is 0 Å². The molecule has 0 saturated heterocycles. The summed E-state index contributed by atoms with van der Waals surface area (Å²) in [7, 11) is 0. The van der Waals surface area contributed by atoms with Gasteiger partial charge in [-0.05, 0) is 37.5 Å². The second kappa shape index (κ2) is 3.05. The van der Waals surface area contributed by atoms with E-state index in [1.54, 1.807) is 6.92 Å². The number of hydrogen-bond acceptors (Lipinski definition) is 1. The van der Waals surface area contributed by atoms with Gasteiger partial charge in [-0.3, -0.25) is 0 Å². The summed E-state index contributed by atoms with van der Waals surface area (Å²) < 4.78 is 0. The van der Waals surface area contributed by atoms with Crippen LogP contribution in [0.1, 0.15) is 20.3 Å². The topological polar surface area (TPSA) is 20.2 Å². The SMILES string of the molecule is C=C(C)CC1=CC/1=C\C(C)O. The smallest absolute Gasteiger partial charge is 0.0701 e. The van der Waals surface area contributed by atoms with Gasteiger partial charge < -0.3 is 5.11 Å². The fourth-order valence-corrected chi connectivity index (χ4v) is 1.04. The molecule has 1 aliphatic rings. The van der Waals surface area contributed by atoms with Gasteiger partial charge in [0.15, 0.2) is 0 Å². The third-order valence-corrected chi connectivity index (χ3v) is 1.53. The van der Waals surface area contributed by atoms with E-state index in [1.165, 1.54) is 16.7 Å². The zero-order valence-electron chi connectivity index (χ0n) is 7.09. The summed E-state index contributed by atoms with van der Waals surface area (Å²) in [4.78, 5) is 0. The lowest BCUT2D eigenvalue weighted by Crippen LogP contribution is -1.91. The highest BCUT2D eigenvalue weighted by Crippen LogP contribution is 2.33. The molecule has 0 aromatic rings. The van der Waals surface area contributed by atoms with Crippen molar-refractivity contribution in [3.63, 3.8) is 0 Å². The summed E-state index contributed by atoms with van der Waals surface area (Å²) in [6, 6.07) is 0. The molecule has 0 saturated carbocycles. The minimum Gasteiger partial charge on any atom is -0.389 e. The van der Waals surface area contributed by atoms with Gasteiger partial charge in [-0.1, -0.05) is 18.2 Å². The van der Waals surface area contributed by atoms with Gasteiger partial charge in [0.05, 0.1) is 6.10 Å². The van der Waals surface area contributed by atoms with Crippen molar-refractivity contribution in [2.24, 2.45) is 0 Å². The predicted molar refractivity (Wildman–Crippen MR) is 47.3 cm³/mol. The monoisotopic (exact) mass is 150 g/mol. The first kappa shape index (κ1) is 8.28. The first-order valence-corrected chi connectivity index (χ1v) is 3.85. The molecule has 0 heterocycles. The van der Waals surface area contributed by atoms with Crippen LogP contribution in [-0.2, 0) is 0 Å². The standard InChI is InChI=1S/C10H14O/c1-7(2)4-9-6-10(9)5-8(3)11/h5-6,8,11H,1,4H2,2-3H3/b10-5+. The van der Waals surface area contributed by atoms with Crippen LogP contribution in [0.4, 0.5) is 0 Å². The summed E-state index contributed by atoms with van der Waals surface area (Å²) >= 11 is 0. The van der Waals surface area contributed by atoms with Crippen LogP contribution in [0.5, 0.6) is 0 Å². The lowest BCUT2D eigenvalue weighted by molar-refractivity contribution is 0.244. The third-order valence-electron chi connectivity index (χ3n) is 1.53. The molecule has 1 N–H and O–H groups in total. The zero-order valence-corrected chi connectivity index (χ0v) is 7.09. The van der Waals surface area contributed by atoms with Gasteiger partial charge in [-0.25, -0.2) is 0 Å². The summed E-state index contributed by atoms with van der Waals surface area (Å²) in [6.07, 6.45) is 4.57. The normalized spacial score (nSPS) is 21.4. The van der Waals surface area contributed by atoms with Gasteiger partial charge >= 0.3 is 0 Å². The zero-order chi connectivity index (χ0) is 8.43. The van der Waals surface area contributed by atoms with Crippen molar-refractivity contribution in [1.29, 1.82) is 0 Å². The second-order valence-electron chi connectivity index (χ2n) is 3.17. The third kappa shape index (κ3) is 2.72. The summed E-state index contributed by atoms with van der Waals surface area (Å²) in [5.41, 5.74) is 3.69. The summed E-state index contributed by atoms with van der Waals surface area (Å²) in [6.45, 7) is 7.59. The van der Waals surface area contributed by atoms with Gasteiger partial charge in [0.2, 0.25) is 0 Å². The van der Waals surface area contributed by atoms with Crippen molar-refractivity contribution in [3.05, 3.63) is 35.5 Å². The van der Waals surface area contributed by atoms with E-state index in [2.05, 4.69) is 12.7 Å². The molecule has 0 bridgehead atoms. The van der Waals surface area contributed by atoms with Crippen molar-refractivity contribution < 1.29 is 5.11 Å². The summed E-state index contributed by atoms with van der Waals surface area (Å²) in [5.74, 6) is 0. The Morgan fingerprint density at radius 3 is 2.91 bits per heavy atom. The van der Waals surface area contributed by atoms with Crippen LogP contribution in [0, 0.1) is 0 Å². The van der Waals surface area contributed by atoms with Crippen LogP contribution in [0.2, 0.25) is 0 Å². The van der Waals surface area contributed by atoms with Crippen molar-refractivity contribution in [2.75, 3.05) is 0 Å². The molecule has 0 aromatic heterocycles. The molecule has 0 radical (unpaired) electrons. The van der Waals surface area contributed by atoms with Crippen molar-refractivity contribution >= 4 is 0 Å². The Morgan fingerprint density at radius 2 is 2.45 bits per heavy atom. The molecule has 11 heavy (non-hydrogen) atoms. The van der Waals surface area contributed by atoms with Crippen molar-refractivity contribution in [2.45, 2.75) is 26.4 Å². The van der Waals surface area contributed by atoms with Gasteiger partial charge in [0, 0.05) is 0 Å². The van der Waals surface area contributed by atoms with Crippen molar-refractivity contribution in [1.82, 2.24) is 0 Å². The van der Waals surface area contributed by atoms with E-state index >= 15 is 0 Å². The van der Waals surface area contributed by atoms with Crippen LogP contribution in [-0.4, -0.2) is 11.2 Å². The van der Waals surface area contributed by atoms with E-state index in [0.29, 0.717) is 0 Å². The van der Waals surface area contributed by atoms with E-state index in [4.69, 9.17) is 5.11 Å². The molecule has 60 valence electrons. The number of aliphatic hydroxyl groups is 1. The highest BCUT2D eigenvalue weighted by atomic mass is 16.3. The molecule has 1 nitrogen and oxygen atoms in total. The molecular weight excluding hydrogens is 136 g/mol. The molecular formula is C10H14O. The van der Waals surface area contributed by atoms with Gasteiger partial charge in [0.1, 0.15) is 0 Å². The second-order valence-corrected chi connectivity index (χ2v) is 3.17. The fourth-order valence-electron chi connectivity index (χ4n) is 1.04. The fraction of sp³-hybridized carbons (Fsp3) is 0.400.